The van der Waals surface area contributed by atoms with Crippen molar-refractivity contribution in [3.63, 3.8) is 0 Å². The van der Waals surface area contributed by atoms with Gasteiger partial charge in [0.1, 0.15) is 5.75 Å². The van der Waals surface area contributed by atoms with E-state index in [-0.39, 0.29) is 5.91 Å². The van der Waals surface area contributed by atoms with Gasteiger partial charge < -0.3 is 15.0 Å². The Morgan fingerprint density at radius 1 is 1.22 bits per heavy atom. The maximum absolute atomic E-state index is 12.7. The van der Waals surface area contributed by atoms with Crippen molar-refractivity contribution in [2.24, 2.45) is 0 Å². The summed E-state index contributed by atoms with van der Waals surface area (Å²) in [4.78, 5) is 14.4. The maximum Gasteiger partial charge on any atom is 0.253 e. The first-order chi connectivity index (χ1) is 11.1. The van der Waals surface area contributed by atoms with Gasteiger partial charge in [0.15, 0.2) is 0 Å². The Morgan fingerprint density at radius 3 is 2.78 bits per heavy atom. The van der Waals surface area contributed by atoms with Crippen LogP contribution in [0.25, 0.3) is 0 Å². The highest BCUT2D eigenvalue weighted by Crippen LogP contribution is 2.25. The van der Waals surface area contributed by atoms with E-state index in [0.29, 0.717) is 6.54 Å². The molecule has 0 saturated heterocycles. The van der Waals surface area contributed by atoms with Gasteiger partial charge in [0.25, 0.3) is 5.91 Å². The van der Waals surface area contributed by atoms with E-state index in [2.05, 4.69) is 21.2 Å². The zero-order valence-electron chi connectivity index (χ0n) is 13.2. The highest BCUT2D eigenvalue weighted by Gasteiger charge is 2.17. The lowest BCUT2D eigenvalue weighted by molar-refractivity contribution is 0.0784. The number of amides is 1. The van der Waals surface area contributed by atoms with Crippen molar-refractivity contribution in [3.8, 4) is 5.75 Å². The average molecular weight is 375 g/mol. The van der Waals surface area contributed by atoms with Gasteiger partial charge in [-0.2, -0.15) is 0 Å². The van der Waals surface area contributed by atoms with E-state index in [4.69, 9.17) is 4.74 Å². The number of hydrogen-bond acceptors (Lipinski definition) is 3. The molecule has 1 amide bonds. The van der Waals surface area contributed by atoms with Crippen LogP contribution in [0.15, 0.2) is 40.9 Å². The first-order valence-electron chi connectivity index (χ1n) is 7.49. The number of methoxy groups -OCH3 is 1. The monoisotopic (exact) mass is 374 g/mol. The molecule has 1 heterocycles. The summed E-state index contributed by atoms with van der Waals surface area (Å²) >= 11 is 3.47. The molecule has 0 fully saturated rings. The maximum atomic E-state index is 12.7. The fraction of sp³-hybridized carbons (Fsp3) is 0.278. The summed E-state index contributed by atoms with van der Waals surface area (Å²) in [5.74, 6) is 0.799. The molecule has 0 bridgehead atoms. The molecule has 1 aliphatic rings. The molecule has 0 aliphatic carbocycles. The van der Waals surface area contributed by atoms with Crippen LogP contribution in [0, 0.1) is 0 Å². The normalized spacial score (nSPS) is 12.8. The Morgan fingerprint density at radius 2 is 2.00 bits per heavy atom. The molecular weight excluding hydrogens is 356 g/mol. The van der Waals surface area contributed by atoms with Crippen LogP contribution in [0.3, 0.4) is 0 Å². The molecule has 3 rings (SSSR count). The van der Waals surface area contributed by atoms with Crippen LogP contribution in [0.1, 0.15) is 27.0 Å². The Balaban J connectivity index is 1.79. The van der Waals surface area contributed by atoms with Gasteiger partial charge in [-0.25, -0.2) is 0 Å². The molecule has 2 aromatic rings. The van der Waals surface area contributed by atoms with Crippen molar-refractivity contribution in [2.45, 2.75) is 19.6 Å². The third kappa shape index (κ3) is 3.41. The summed E-state index contributed by atoms with van der Waals surface area (Å²) in [5, 5.41) is 3.30. The van der Waals surface area contributed by atoms with E-state index < -0.39 is 0 Å². The van der Waals surface area contributed by atoms with Gasteiger partial charge in [-0.15, -0.1) is 0 Å². The number of rotatable bonds is 4. The number of ether oxygens (including phenoxy) is 1. The number of halogens is 1. The molecule has 23 heavy (non-hydrogen) atoms. The third-order valence-electron chi connectivity index (χ3n) is 4.08. The Kier molecular flexibility index (Phi) is 4.68. The third-order valence-corrected chi connectivity index (χ3v) is 4.57. The highest BCUT2D eigenvalue weighted by molar-refractivity contribution is 9.10. The lowest BCUT2D eigenvalue weighted by atomic mass is 10.1. The minimum atomic E-state index is 0.0155. The van der Waals surface area contributed by atoms with Gasteiger partial charge in [0.05, 0.1) is 7.11 Å². The zero-order chi connectivity index (χ0) is 16.4. The van der Waals surface area contributed by atoms with Crippen LogP contribution in [-0.4, -0.2) is 25.0 Å². The van der Waals surface area contributed by atoms with E-state index in [1.165, 1.54) is 11.1 Å². The van der Waals surface area contributed by atoms with Gasteiger partial charge in [0, 0.05) is 42.3 Å². The summed E-state index contributed by atoms with van der Waals surface area (Å²) in [6, 6.07) is 11.7. The average Bonchev–Trinajstić information content (AvgIpc) is 3.01. The summed E-state index contributed by atoms with van der Waals surface area (Å²) in [6.45, 7) is 2.21. The molecule has 4 nitrogen and oxygen atoms in total. The van der Waals surface area contributed by atoms with Crippen molar-refractivity contribution in [3.05, 3.63) is 63.1 Å². The minimum Gasteiger partial charge on any atom is -0.496 e. The van der Waals surface area contributed by atoms with Crippen molar-refractivity contribution < 1.29 is 9.53 Å². The van der Waals surface area contributed by atoms with Gasteiger partial charge in [-0.1, -0.05) is 22.0 Å². The number of nitrogens with one attached hydrogen (secondary N) is 1. The highest BCUT2D eigenvalue weighted by atomic mass is 79.9. The number of fused-ring (bicyclic) bond motifs is 1. The standard InChI is InChI=1S/C18H19BrN2O2/c1-21(11-15-8-16(19)5-6-17(15)23-2)18(22)12-3-4-13-9-20-10-14(13)7-12/h3-8,20H,9-11H2,1-2H3. The van der Waals surface area contributed by atoms with E-state index in [0.717, 1.165) is 34.4 Å². The van der Waals surface area contributed by atoms with E-state index in [9.17, 15) is 4.79 Å². The van der Waals surface area contributed by atoms with Crippen LogP contribution in [-0.2, 0) is 19.6 Å². The Hall–Kier alpha value is -1.85. The molecule has 120 valence electrons. The SMILES string of the molecule is COc1ccc(Br)cc1CN(C)C(=O)c1ccc2c(c1)CNC2. The predicted molar refractivity (Wildman–Crippen MR) is 93.5 cm³/mol. The number of hydrogen-bond donors (Lipinski definition) is 1. The molecule has 0 aromatic heterocycles. The largest absolute Gasteiger partial charge is 0.496 e. The first-order valence-corrected chi connectivity index (χ1v) is 8.28. The van der Waals surface area contributed by atoms with Crippen LogP contribution < -0.4 is 10.1 Å². The van der Waals surface area contributed by atoms with Crippen molar-refractivity contribution in [2.75, 3.05) is 14.2 Å². The second-order valence-electron chi connectivity index (χ2n) is 5.70. The number of benzene rings is 2. The van der Waals surface area contributed by atoms with Crippen molar-refractivity contribution >= 4 is 21.8 Å². The quantitative estimate of drug-likeness (QED) is 0.892. The number of carbonyl (C=O) groups is 1. The molecule has 0 saturated carbocycles. The summed E-state index contributed by atoms with van der Waals surface area (Å²) in [5.41, 5.74) is 4.19. The van der Waals surface area contributed by atoms with Gasteiger partial charge in [-0.05, 0) is 41.5 Å². The van der Waals surface area contributed by atoms with Crippen molar-refractivity contribution in [1.82, 2.24) is 10.2 Å². The molecule has 1 N–H and O–H groups in total. The number of nitrogens with zero attached hydrogens (tertiary/aromatic N) is 1. The molecule has 5 heteroatoms. The van der Waals surface area contributed by atoms with Crippen LogP contribution >= 0.6 is 15.9 Å². The predicted octanol–water partition coefficient (Wildman–Crippen LogP) is 3.33. The second kappa shape index (κ2) is 6.72. The molecular formula is C18H19BrN2O2. The molecule has 1 aliphatic heterocycles. The Bertz CT molecular complexity index is 746. The molecule has 0 unspecified atom stereocenters. The van der Waals surface area contributed by atoms with Gasteiger partial charge in [0.2, 0.25) is 0 Å². The fourth-order valence-electron chi connectivity index (χ4n) is 2.85. The fourth-order valence-corrected chi connectivity index (χ4v) is 3.25. The molecule has 0 spiro atoms. The van der Waals surface area contributed by atoms with Gasteiger partial charge >= 0.3 is 0 Å². The van der Waals surface area contributed by atoms with Crippen LogP contribution in [0.5, 0.6) is 5.75 Å². The molecule has 0 radical (unpaired) electrons. The zero-order valence-corrected chi connectivity index (χ0v) is 14.8. The molecule has 0 atom stereocenters. The van der Waals surface area contributed by atoms with E-state index in [1.807, 2.05) is 43.4 Å². The lowest BCUT2D eigenvalue weighted by Crippen LogP contribution is -2.26. The van der Waals surface area contributed by atoms with Crippen LogP contribution in [0.2, 0.25) is 0 Å². The second-order valence-corrected chi connectivity index (χ2v) is 6.62. The van der Waals surface area contributed by atoms with E-state index in [1.54, 1.807) is 12.0 Å². The summed E-state index contributed by atoms with van der Waals surface area (Å²) < 4.78 is 6.35. The van der Waals surface area contributed by atoms with Crippen molar-refractivity contribution in [1.29, 1.82) is 0 Å². The number of carbonyl (C=O) groups excluding carboxylic acids is 1. The smallest absolute Gasteiger partial charge is 0.253 e. The lowest BCUT2D eigenvalue weighted by Gasteiger charge is -2.19. The minimum absolute atomic E-state index is 0.0155. The van der Waals surface area contributed by atoms with Crippen LogP contribution in [0.4, 0.5) is 0 Å². The Labute approximate surface area is 144 Å². The molecule has 2 aromatic carbocycles. The van der Waals surface area contributed by atoms with Gasteiger partial charge in [-0.3, -0.25) is 4.79 Å². The first kappa shape index (κ1) is 16.0. The summed E-state index contributed by atoms with van der Waals surface area (Å²) in [6.07, 6.45) is 0. The van der Waals surface area contributed by atoms with E-state index >= 15 is 0 Å². The summed E-state index contributed by atoms with van der Waals surface area (Å²) in [7, 11) is 3.45. The topological polar surface area (TPSA) is 41.6 Å².